The first-order chi connectivity index (χ1) is 8.49. The van der Waals surface area contributed by atoms with Crippen LogP contribution in [0.2, 0.25) is 0 Å². The largest absolute Gasteiger partial charge is 0.507 e. The molecule has 0 amide bonds. The van der Waals surface area contributed by atoms with E-state index in [1.165, 1.54) is 23.9 Å². The average Bonchev–Trinajstić information content (AvgIpc) is 2.78. The van der Waals surface area contributed by atoms with Gasteiger partial charge >= 0.3 is 5.97 Å². The summed E-state index contributed by atoms with van der Waals surface area (Å²) in [7, 11) is 0. The highest BCUT2D eigenvalue weighted by Crippen LogP contribution is 2.31. The number of nitrogens with zero attached hydrogens (tertiary/aromatic N) is 2. The third kappa shape index (κ3) is 2.28. The summed E-state index contributed by atoms with van der Waals surface area (Å²) < 4.78 is 0. The van der Waals surface area contributed by atoms with E-state index in [0.717, 1.165) is 6.07 Å². The number of rotatable bonds is 3. The number of hydrogen-bond acceptors (Lipinski definition) is 6. The number of aromatic hydroxyl groups is 1. The van der Waals surface area contributed by atoms with Crippen LogP contribution in [0, 0.1) is 10.1 Å². The molecule has 18 heavy (non-hydrogen) atoms. The van der Waals surface area contributed by atoms with E-state index in [0.29, 0.717) is 16.4 Å². The van der Waals surface area contributed by atoms with Crippen LogP contribution < -0.4 is 0 Å². The van der Waals surface area contributed by atoms with Gasteiger partial charge in [0.15, 0.2) is 6.04 Å². The Morgan fingerprint density at radius 3 is 2.78 bits per heavy atom. The Morgan fingerprint density at radius 2 is 2.28 bits per heavy atom. The van der Waals surface area contributed by atoms with Crippen LogP contribution >= 0.6 is 11.8 Å². The maximum Gasteiger partial charge on any atom is 0.329 e. The normalized spacial score (nSPS) is 18.4. The Balaban J connectivity index is 2.33. The van der Waals surface area contributed by atoms with Crippen LogP contribution in [0.5, 0.6) is 5.75 Å². The van der Waals surface area contributed by atoms with Crippen LogP contribution in [-0.4, -0.2) is 37.9 Å². The minimum absolute atomic E-state index is 0.227. The Bertz CT molecular complexity index is 557. The number of carboxylic acid groups (broad SMARTS) is 1. The number of hydrogen-bond donors (Lipinski definition) is 2. The molecule has 8 heteroatoms. The van der Waals surface area contributed by atoms with Gasteiger partial charge in [-0.3, -0.25) is 15.1 Å². The van der Waals surface area contributed by atoms with Crippen LogP contribution in [0.4, 0.5) is 5.69 Å². The van der Waals surface area contributed by atoms with Crippen molar-refractivity contribution in [2.24, 2.45) is 4.99 Å². The summed E-state index contributed by atoms with van der Waals surface area (Å²) in [5.41, 5.74) is 0.0870. The minimum atomic E-state index is -1.03. The quantitative estimate of drug-likeness (QED) is 0.630. The monoisotopic (exact) mass is 268 g/mol. The molecule has 1 aliphatic rings. The molecule has 0 radical (unpaired) electrons. The highest BCUT2D eigenvalue weighted by molar-refractivity contribution is 8.14. The number of phenolic OH excluding ortho intramolecular Hbond substituents is 1. The zero-order valence-corrected chi connectivity index (χ0v) is 9.75. The molecule has 0 aromatic heterocycles. The van der Waals surface area contributed by atoms with Crippen molar-refractivity contribution in [2.75, 3.05) is 5.75 Å². The van der Waals surface area contributed by atoms with Gasteiger partial charge < -0.3 is 10.2 Å². The first kappa shape index (κ1) is 12.4. The van der Waals surface area contributed by atoms with Crippen molar-refractivity contribution < 1.29 is 19.9 Å². The fourth-order valence-corrected chi connectivity index (χ4v) is 2.52. The van der Waals surface area contributed by atoms with Gasteiger partial charge in [-0.25, -0.2) is 4.79 Å². The maximum atomic E-state index is 10.7. The fourth-order valence-electron chi connectivity index (χ4n) is 1.46. The van der Waals surface area contributed by atoms with Crippen molar-refractivity contribution in [1.82, 2.24) is 0 Å². The van der Waals surface area contributed by atoms with Crippen LogP contribution in [0.25, 0.3) is 0 Å². The Hall–Kier alpha value is -2.09. The molecule has 0 spiro atoms. The van der Waals surface area contributed by atoms with Gasteiger partial charge in [-0.1, -0.05) is 0 Å². The van der Waals surface area contributed by atoms with Crippen molar-refractivity contribution in [2.45, 2.75) is 6.04 Å². The zero-order valence-electron chi connectivity index (χ0n) is 8.94. The van der Waals surface area contributed by atoms with Crippen LogP contribution in [-0.2, 0) is 4.79 Å². The van der Waals surface area contributed by atoms with E-state index < -0.39 is 16.9 Å². The van der Waals surface area contributed by atoms with E-state index in [2.05, 4.69) is 4.99 Å². The van der Waals surface area contributed by atoms with Gasteiger partial charge in [0.2, 0.25) is 0 Å². The van der Waals surface area contributed by atoms with Gasteiger partial charge in [0.25, 0.3) is 5.69 Å². The van der Waals surface area contributed by atoms with Crippen molar-refractivity contribution in [3.05, 3.63) is 33.9 Å². The number of aliphatic imine (C=N–C) groups is 1. The molecule has 0 unspecified atom stereocenters. The standard InChI is InChI=1S/C10H8N2O5S/c13-8-3-5(12(16)17)1-2-6(8)9-11-7(4-18-9)10(14)15/h1-3,7,13H,4H2,(H,14,15)/t7-/m0/s1. The molecule has 0 bridgehead atoms. The molecule has 7 nitrogen and oxygen atoms in total. The summed E-state index contributed by atoms with van der Waals surface area (Å²) in [6.07, 6.45) is 0. The lowest BCUT2D eigenvalue weighted by molar-refractivity contribution is -0.384. The van der Waals surface area contributed by atoms with Gasteiger partial charge in [-0.15, -0.1) is 11.8 Å². The van der Waals surface area contributed by atoms with Crippen molar-refractivity contribution in [3.8, 4) is 5.75 Å². The first-order valence-corrected chi connectivity index (χ1v) is 5.89. The SMILES string of the molecule is O=C(O)[C@@H]1CSC(c2ccc([N+](=O)[O-])cc2O)=N1. The average molecular weight is 268 g/mol. The minimum Gasteiger partial charge on any atom is -0.507 e. The predicted octanol–water partition coefficient (Wildman–Crippen LogP) is 1.25. The molecule has 1 atom stereocenters. The summed E-state index contributed by atoms with van der Waals surface area (Å²) in [5, 5.41) is 29.4. The van der Waals surface area contributed by atoms with E-state index in [9.17, 15) is 20.0 Å². The fraction of sp³-hybridized carbons (Fsp3) is 0.200. The number of carbonyl (C=O) groups is 1. The zero-order chi connectivity index (χ0) is 13.3. The second-order valence-electron chi connectivity index (χ2n) is 3.56. The van der Waals surface area contributed by atoms with Crippen molar-refractivity contribution >= 4 is 28.5 Å². The molecule has 1 aliphatic heterocycles. The maximum absolute atomic E-state index is 10.7. The number of benzene rings is 1. The Labute approximate surface area is 105 Å². The van der Waals surface area contributed by atoms with E-state index >= 15 is 0 Å². The summed E-state index contributed by atoms with van der Waals surface area (Å²) in [6, 6.07) is 2.79. The summed E-state index contributed by atoms with van der Waals surface area (Å²) in [5.74, 6) is -1.01. The summed E-state index contributed by atoms with van der Waals surface area (Å²) in [6.45, 7) is 0. The molecule has 0 saturated heterocycles. The van der Waals surface area contributed by atoms with E-state index in [1.807, 2.05) is 0 Å². The molecule has 94 valence electrons. The Kier molecular flexibility index (Phi) is 3.19. The highest BCUT2D eigenvalue weighted by atomic mass is 32.2. The molecule has 2 rings (SSSR count). The first-order valence-electron chi connectivity index (χ1n) is 4.90. The van der Waals surface area contributed by atoms with E-state index in [1.54, 1.807) is 0 Å². The number of carboxylic acids is 1. The molecular formula is C10H8N2O5S. The third-order valence-corrected chi connectivity index (χ3v) is 3.44. The van der Waals surface area contributed by atoms with E-state index in [-0.39, 0.29) is 11.4 Å². The molecule has 2 N–H and O–H groups in total. The molecule has 1 heterocycles. The highest BCUT2D eigenvalue weighted by Gasteiger charge is 2.26. The lowest BCUT2D eigenvalue weighted by Gasteiger charge is -2.02. The van der Waals surface area contributed by atoms with Gasteiger partial charge in [0.05, 0.1) is 11.0 Å². The molecule has 1 aromatic carbocycles. The number of nitro groups is 1. The lowest BCUT2D eigenvalue weighted by atomic mass is 10.2. The van der Waals surface area contributed by atoms with Gasteiger partial charge in [-0.05, 0) is 6.07 Å². The topological polar surface area (TPSA) is 113 Å². The van der Waals surface area contributed by atoms with Crippen LogP contribution in [0.15, 0.2) is 23.2 Å². The number of non-ortho nitro benzene ring substituents is 1. The number of thioether (sulfide) groups is 1. The second-order valence-corrected chi connectivity index (χ2v) is 4.57. The molecular weight excluding hydrogens is 260 g/mol. The van der Waals surface area contributed by atoms with Crippen LogP contribution in [0.1, 0.15) is 5.56 Å². The Morgan fingerprint density at radius 1 is 1.56 bits per heavy atom. The lowest BCUT2D eigenvalue weighted by Crippen LogP contribution is -2.17. The van der Waals surface area contributed by atoms with Gasteiger partial charge in [0, 0.05) is 17.4 Å². The van der Waals surface area contributed by atoms with Gasteiger partial charge in [0.1, 0.15) is 10.8 Å². The smallest absolute Gasteiger partial charge is 0.329 e. The molecule has 0 saturated carbocycles. The van der Waals surface area contributed by atoms with Crippen LogP contribution in [0.3, 0.4) is 0 Å². The summed E-state index contributed by atoms with van der Waals surface area (Å²) >= 11 is 1.20. The van der Waals surface area contributed by atoms with E-state index in [4.69, 9.17) is 5.11 Å². The van der Waals surface area contributed by atoms with Gasteiger partial charge in [-0.2, -0.15) is 0 Å². The summed E-state index contributed by atoms with van der Waals surface area (Å²) in [4.78, 5) is 24.6. The molecule has 0 fully saturated rings. The third-order valence-electron chi connectivity index (χ3n) is 2.36. The molecule has 0 aliphatic carbocycles. The molecule has 1 aromatic rings. The second kappa shape index (κ2) is 4.65. The number of phenols is 1. The number of aliphatic carboxylic acids is 1. The predicted molar refractivity (Wildman–Crippen MR) is 65.2 cm³/mol. The van der Waals surface area contributed by atoms with Crippen molar-refractivity contribution in [3.63, 3.8) is 0 Å². The number of nitro benzene ring substituents is 1. The van der Waals surface area contributed by atoms with Crippen molar-refractivity contribution in [1.29, 1.82) is 0 Å².